The van der Waals surface area contributed by atoms with E-state index in [1.54, 1.807) is 12.1 Å². The molecule has 2 atom stereocenters. The fraction of sp³-hybridized carbons (Fsp3) is 0.600. The van der Waals surface area contributed by atoms with E-state index in [-0.39, 0.29) is 18.0 Å². The average Bonchev–Trinajstić information content (AvgIpc) is 3.33. The Kier molecular flexibility index (Phi) is 6.20. The van der Waals surface area contributed by atoms with E-state index in [4.69, 9.17) is 26.8 Å². The van der Waals surface area contributed by atoms with Crippen LogP contribution in [0.2, 0.25) is 0 Å². The molecule has 2 aliphatic rings. The van der Waals surface area contributed by atoms with Crippen molar-refractivity contribution in [1.82, 2.24) is 19.2 Å². The summed E-state index contributed by atoms with van der Waals surface area (Å²) in [4.78, 5) is 2.32. The predicted octanol–water partition coefficient (Wildman–Crippen LogP) is 3.47. The van der Waals surface area contributed by atoms with Crippen molar-refractivity contribution in [2.75, 3.05) is 26.3 Å². The number of ether oxygens (including phenoxy) is 2. The maximum atomic E-state index is 13.4. The van der Waals surface area contributed by atoms with Crippen molar-refractivity contribution in [2.45, 2.75) is 51.6 Å². The molecule has 0 N–H and O–H groups in total. The van der Waals surface area contributed by atoms with Gasteiger partial charge in [0.2, 0.25) is 0 Å². The van der Waals surface area contributed by atoms with E-state index in [0.29, 0.717) is 18.0 Å². The highest BCUT2D eigenvalue weighted by atomic mass is 32.1. The van der Waals surface area contributed by atoms with Crippen LogP contribution in [0.15, 0.2) is 24.3 Å². The number of hydrogen-bond donors (Lipinski definition) is 0. The third-order valence-electron chi connectivity index (χ3n) is 5.45. The first kappa shape index (κ1) is 19.7. The van der Waals surface area contributed by atoms with Gasteiger partial charge in [-0.25, -0.2) is 9.07 Å². The molecule has 6 nitrogen and oxygen atoms in total. The van der Waals surface area contributed by atoms with Gasteiger partial charge in [-0.1, -0.05) is 6.92 Å². The van der Waals surface area contributed by atoms with Crippen molar-refractivity contribution in [1.29, 1.82) is 0 Å². The molecule has 28 heavy (non-hydrogen) atoms. The van der Waals surface area contributed by atoms with E-state index in [1.165, 1.54) is 12.1 Å². The van der Waals surface area contributed by atoms with Gasteiger partial charge in [0, 0.05) is 25.3 Å². The lowest BCUT2D eigenvalue weighted by Gasteiger charge is -2.32. The summed E-state index contributed by atoms with van der Waals surface area (Å²) in [6.45, 7) is 6.71. The van der Waals surface area contributed by atoms with Gasteiger partial charge >= 0.3 is 0 Å². The first-order valence-corrected chi connectivity index (χ1v) is 10.4. The molecule has 0 aliphatic carbocycles. The number of hydrogen-bond acceptors (Lipinski definition) is 5. The highest BCUT2D eigenvalue weighted by Crippen LogP contribution is 2.23. The van der Waals surface area contributed by atoms with E-state index in [1.807, 2.05) is 9.25 Å². The average molecular weight is 407 g/mol. The summed E-state index contributed by atoms with van der Waals surface area (Å²) < 4.78 is 29.6. The topological polar surface area (TPSA) is 44.5 Å². The molecule has 8 heteroatoms. The first-order valence-electron chi connectivity index (χ1n) is 10.0. The van der Waals surface area contributed by atoms with Gasteiger partial charge in [-0.3, -0.25) is 9.47 Å². The molecule has 2 aliphatic heterocycles. The molecule has 2 saturated heterocycles. The standard InChI is InChI=1S/C20H27FN4O2S/c1-2-17-12-23(9-11-27-17)14-25-20(28)24(13-18-4-3-10-26-18)19(22-25)15-5-7-16(21)8-6-15/h5-8,17-18H,2-4,9-14H2,1H3. The molecule has 2 aromatic rings. The predicted molar refractivity (Wildman–Crippen MR) is 107 cm³/mol. The SMILES string of the molecule is CCC1CN(Cn2nc(-c3ccc(F)cc3)n(CC3CCCO3)c2=S)CCO1. The monoisotopic (exact) mass is 406 g/mol. The summed E-state index contributed by atoms with van der Waals surface area (Å²) in [7, 11) is 0. The van der Waals surface area contributed by atoms with Crippen LogP contribution in [-0.4, -0.2) is 57.8 Å². The number of benzene rings is 1. The van der Waals surface area contributed by atoms with Gasteiger partial charge < -0.3 is 9.47 Å². The summed E-state index contributed by atoms with van der Waals surface area (Å²) >= 11 is 5.78. The van der Waals surface area contributed by atoms with Crippen LogP contribution in [0.1, 0.15) is 26.2 Å². The van der Waals surface area contributed by atoms with Crippen LogP contribution < -0.4 is 0 Å². The zero-order valence-electron chi connectivity index (χ0n) is 16.2. The van der Waals surface area contributed by atoms with E-state index in [2.05, 4.69) is 11.8 Å². The quantitative estimate of drug-likeness (QED) is 0.688. The second-order valence-corrected chi connectivity index (χ2v) is 7.84. The van der Waals surface area contributed by atoms with Crippen LogP contribution in [0.5, 0.6) is 0 Å². The van der Waals surface area contributed by atoms with Crippen LogP contribution in [0.4, 0.5) is 4.39 Å². The van der Waals surface area contributed by atoms with Gasteiger partial charge in [0.25, 0.3) is 0 Å². The number of nitrogens with zero attached hydrogens (tertiary/aromatic N) is 4. The Bertz CT molecular complexity index is 845. The molecule has 0 amide bonds. The highest BCUT2D eigenvalue weighted by Gasteiger charge is 2.23. The van der Waals surface area contributed by atoms with Crippen molar-refractivity contribution in [3.63, 3.8) is 0 Å². The van der Waals surface area contributed by atoms with E-state index in [0.717, 1.165) is 57.0 Å². The van der Waals surface area contributed by atoms with Gasteiger partial charge in [-0.05, 0) is 55.7 Å². The van der Waals surface area contributed by atoms with Gasteiger partial charge in [0.1, 0.15) is 5.82 Å². The fourth-order valence-electron chi connectivity index (χ4n) is 3.85. The maximum absolute atomic E-state index is 13.4. The minimum Gasteiger partial charge on any atom is -0.376 e. The van der Waals surface area contributed by atoms with Crippen LogP contribution >= 0.6 is 12.2 Å². The summed E-state index contributed by atoms with van der Waals surface area (Å²) in [6.07, 6.45) is 3.50. The normalized spacial score (nSPS) is 23.4. The molecule has 4 rings (SSSR count). The Morgan fingerprint density at radius 3 is 2.68 bits per heavy atom. The maximum Gasteiger partial charge on any atom is 0.199 e. The lowest BCUT2D eigenvalue weighted by atomic mass is 10.2. The third-order valence-corrected chi connectivity index (χ3v) is 5.88. The smallest absolute Gasteiger partial charge is 0.199 e. The van der Waals surface area contributed by atoms with E-state index < -0.39 is 0 Å². The number of rotatable bonds is 6. The minimum atomic E-state index is -0.258. The molecule has 1 aromatic heterocycles. The second-order valence-electron chi connectivity index (χ2n) is 7.48. The zero-order valence-corrected chi connectivity index (χ0v) is 17.0. The molecule has 0 saturated carbocycles. The second kappa shape index (κ2) is 8.82. The van der Waals surface area contributed by atoms with Crippen LogP contribution in [-0.2, 0) is 22.7 Å². The minimum absolute atomic E-state index is 0.149. The number of morpholine rings is 1. The van der Waals surface area contributed by atoms with E-state index >= 15 is 0 Å². The van der Waals surface area contributed by atoms with Crippen LogP contribution in [0, 0.1) is 10.6 Å². The molecule has 2 unspecified atom stereocenters. The summed E-state index contributed by atoms with van der Waals surface area (Å²) in [5.41, 5.74) is 0.859. The summed E-state index contributed by atoms with van der Waals surface area (Å²) in [5, 5.41) is 4.81. The lowest BCUT2D eigenvalue weighted by molar-refractivity contribution is -0.0412. The molecule has 3 heterocycles. The first-order chi connectivity index (χ1) is 13.6. The van der Waals surface area contributed by atoms with Crippen molar-refractivity contribution in [2.24, 2.45) is 0 Å². The fourth-order valence-corrected chi connectivity index (χ4v) is 4.11. The van der Waals surface area contributed by atoms with Crippen molar-refractivity contribution >= 4 is 12.2 Å². The zero-order chi connectivity index (χ0) is 19.5. The van der Waals surface area contributed by atoms with Crippen molar-refractivity contribution in [3.05, 3.63) is 34.9 Å². The van der Waals surface area contributed by atoms with Crippen LogP contribution in [0.3, 0.4) is 0 Å². The molecular formula is C20H27FN4O2S. The Morgan fingerprint density at radius 1 is 1.18 bits per heavy atom. The Morgan fingerprint density at radius 2 is 1.96 bits per heavy atom. The van der Waals surface area contributed by atoms with Crippen molar-refractivity contribution in [3.8, 4) is 11.4 Å². The molecular weight excluding hydrogens is 379 g/mol. The summed E-state index contributed by atoms with van der Waals surface area (Å²) in [5.74, 6) is 0.507. The number of aromatic nitrogens is 3. The number of halogens is 1. The largest absolute Gasteiger partial charge is 0.376 e. The Labute approximate surface area is 169 Å². The molecule has 0 radical (unpaired) electrons. The molecule has 152 valence electrons. The Hall–Kier alpha value is -1.61. The molecule has 0 spiro atoms. The summed E-state index contributed by atoms with van der Waals surface area (Å²) in [6, 6.07) is 6.43. The van der Waals surface area contributed by atoms with E-state index in [9.17, 15) is 4.39 Å². The van der Waals surface area contributed by atoms with Crippen LogP contribution in [0.25, 0.3) is 11.4 Å². The molecule has 0 bridgehead atoms. The van der Waals surface area contributed by atoms with Gasteiger partial charge in [-0.2, -0.15) is 5.10 Å². The third kappa shape index (κ3) is 4.35. The van der Waals surface area contributed by atoms with Gasteiger partial charge in [0.05, 0.1) is 32.0 Å². The van der Waals surface area contributed by atoms with Gasteiger partial charge in [-0.15, -0.1) is 0 Å². The highest BCUT2D eigenvalue weighted by molar-refractivity contribution is 7.71. The van der Waals surface area contributed by atoms with Crippen molar-refractivity contribution < 1.29 is 13.9 Å². The van der Waals surface area contributed by atoms with Gasteiger partial charge in [0.15, 0.2) is 10.6 Å². The lowest BCUT2D eigenvalue weighted by Crippen LogP contribution is -2.43. The molecule has 1 aromatic carbocycles. The molecule has 2 fully saturated rings. The Balaban J connectivity index is 1.63.